The van der Waals surface area contributed by atoms with Crippen LogP contribution in [0.1, 0.15) is 24.0 Å². The summed E-state index contributed by atoms with van der Waals surface area (Å²) in [6.45, 7) is -0.00493. The molecule has 2 saturated heterocycles. The number of amides is 4. The summed E-state index contributed by atoms with van der Waals surface area (Å²) in [7, 11) is -3.24. The predicted octanol–water partition coefficient (Wildman–Crippen LogP) is 1.43. The smallest absolute Gasteiger partial charge is 0.325 e. The molecule has 0 aliphatic carbocycles. The van der Waals surface area contributed by atoms with E-state index in [0.29, 0.717) is 17.7 Å². The first-order valence-electron chi connectivity index (χ1n) is 11.2. The van der Waals surface area contributed by atoms with E-state index in [-0.39, 0.29) is 31.1 Å². The molecule has 2 atom stereocenters. The van der Waals surface area contributed by atoms with Crippen molar-refractivity contribution >= 4 is 27.7 Å². The number of rotatable bonds is 5. The molecule has 3 aliphatic rings. The Labute approximate surface area is 197 Å². The zero-order chi connectivity index (χ0) is 23.9. The number of hydrogen-bond donors (Lipinski definition) is 1. The van der Waals surface area contributed by atoms with Gasteiger partial charge in [-0.15, -0.1) is 0 Å². The van der Waals surface area contributed by atoms with Gasteiger partial charge in [-0.1, -0.05) is 48.5 Å². The first kappa shape index (κ1) is 22.4. The lowest BCUT2D eigenvalue weighted by Crippen LogP contribution is -2.49. The number of urea groups is 1. The highest BCUT2D eigenvalue weighted by molar-refractivity contribution is 7.91. The van der Waals surface area contributed by atoms with Gasteiger partial charge in [-0.3, -0.25) is 14.5 Å². The van der Waals surface area contributed by atoms with Crippen molar-refractivity contribution in [2.45, 2.75) is 31.0 Å². The van der Waals surface area contributed by atoms with Gasteiger partial charge in [0.05, 0.1) is 18.1 Å². The van der Waals surface area contributed by atoms with Gasteiger partial charge in [0.1, 0.15) is 12.3 Å². The van der Waals surface area contributed by atoms with Crippen LogP contribution in [0.15, 0.2) is 54.6 Å². The van der Waals surface area contributed by atoms with Crippen LogP contribution in [-0.2, 0) is 31.5 Å². The van der Waals surface area contributed by atoms with Crippen LogP contribution in [0.3, 0.4) is 0 Å². The highest BCUT2D eigenvalue weighted by Gasteiger charge is 2.55. The fourth-order valence-corrected chi connectivity index (χ4v) is 6.69. The fourth-order valence-electron chi connectivity index (χ4n) is 4.96. The van der Waals surface area contributed by atoms with Gasteiger partial charge in [0.15, 0.2) is 15.4 Å². The normalized spacial score (nSPS) is 25.1. The molecule has 2 aromatic rings. The monoisotopic (exact) mass is 483 g/mol. The number of para-hydroxylation sites is 1. The predicted molar refractivity (Wildman–Crippen MR) is 123 cm³/mol. The lowest BCUT2D eigenvalue weighted by atomic mass is 9.84. The molecule has 4 amide bonds. The van der Waals surface area contributed by atoms with E-state index in [1.165, 1.54) is 4.90 Å². The Balaban J connectivity index is 1.40. The van der Waals surface area contributed by atoms with Gasteiger partial charge < -0.3 is 15.0 Å². The Morgan fingerprint density at radius 3 is 2.59 bits per heavy atom. The standard InChI is InChI=1S/C24H25N3O6S/c28-21(26(14-17-6-2-1-3-7-17)18-10-13-34(31,32)16-18)15-27-22(29)24(25-23(27)30)11-12-33-20-9-5-4-8-19(20)24/h1-9,18H,10-16H2,(H,25,30)/t18-,24+/m1/s1. The van der Waals surface area contributed by atoms with Gasteiger partial charge in [0.2, 0.25) is 5.91 Å². The van der Waals surface area contributed by atoms with E-state index in [9.17, 15) is 22.8 Å². The number of fused-ring (bicyclic) bond motifs is 2. The Morgan fingerprint density at radius 1 is 1.12 bits per heavy atom. The average molecular weight is 484 g/mol. The van der Waals surface area contributed by atoms with Crippen LogP contribution >= 0.6 is 0 Å². The Morgan fingerprint density at radius 2 is 1.85 bits per heavy atom. The topological polar surface area (TPSA) is 113 Å². The minimum Gasteiger partial charge on any atom is -0.493 e. The Hall–Kier alpha value is -3.40. The van der Waals surface area contributed by atoms with Crippen molar-refractivity contribution in [3.8, 4) is 5.75 Å². The number of hydrogen-bond acceptors (Lipinski definition) is 6. The maximum Gasteiger partial charge on any atom is 0.325 e. The molecule has 1 N–H and O–H groups in total. The first-order valence-corrected chi connectivity index (χ1v) is 13.0. The second-order valence-electron chi connectivity index (χ2n) is 8.89. The van der Waals surface area contributed by atoms with E-state index in [4.69, 9.17) is 4.74 Å². The summed E-state index contributed by atoms with van der Waals surface area (Å²) >= 11 is 0. The number of carbonyl (C=O) groups excluding carboxylic acids is 3. The van der Waals surface area contributed by atoms with Crippen molar-refractivity contribution in [1.29, 1.82) is 0 Å². The molecule has 0 saturated carbocycles. The molecule has 0 unspecified atom stereocenters. The number of imide groups is 1. The fraction of sp³-hybridized carbons (Fsp3) is 0.375. The van der Waals surface area contributed by atoms with Crippen molar-refractivity contribution in [3.63, 3.8) is 0 Å². The summed E-state index contributed by atoms with van der Waals surface area (Å²) in [4.78, 5) is 42.3. The molecule has 3 heterocycles. The molecule has 9 nitrogen and oxygen atoms in total. The second-order valence-corrected chi connectivity index (χ2v) is 11.1. The summed E-state index contributed by atoms with van der Waals surface area (Å²) < 4.78 is 29.9. The van der Waals surface area contributed by atoms with Crippen LogP contribution in [0, 0.1) is 0 Å². The molecule has 2 aromatic carbocycles. The van der Waals surface area contributed by atoms with Crippen LogP contribution < -0.4 is 10.1 Å². The summed E-state index contributed by atoms with van der Waals surface area (Å²) in [5.74, 6) is -0.552. The first-order chi connectivity index (χ1) is 16.3. The summed E-state index contributed by atoms with van der Waals surface area (Å²) in [5.41, 5.74) is 0.137. The van der Waals surface area contributed by atoms with Crippen LogP contribution in [0.25, 0.3) is 0 Å². The molecule has 34 heavy (non-hydrogen) atoms. The van der Waals surface area contributed by atoms with Crippen LogP contribution in [0.2, 0.25) is 0 Å². The second kappa shape index (κ2) is 8.43. The van der Waals surface area contributed by atoms with Crippen molar-refractivity contribution < 1.29 is 27.5 Å². The van der Waals surface area contributed by atoms with Gasteiger partial charge in [-0.05, 0) is 18.1 Å². The molecule has 178 valence electrons. The van der Waals surface area contributed by atoms with Crippen molar-refractivity contribution in [2.75, 3.05) is 24.7 Å². The Bertz CT molecular complexity index is 1250. The maximum atomic E-state index is 13.5. The molecule has 0 aromatic heterocycles. The van der Waals surface area contributed by atoms with E-state index in [0.717, 1.165) is 10.5 Å². The van der Waals surface area contributed by atoms with E-state index in [1.54, 1.807) is 24.3 Å². The quantitative estimate of drug-likeness (QED) is 0.644. The summed E-state index contributed by atoms with van der Waals surface area (Å²) in [6, 6.07) is 15.1. The SMILES string of the molecule is O=C1N[C@]2(CCOc3ccccc32)C(=O)N1CC(=O)N(Cc1ccccc1)[C@@H]1CCS(=O)(=O)C1. The van der Waals surface area contributed by atoms with Gasteiger partial charge >= 0.3 is 6.03 Å². The lowest BCUT2D eigenvalue weighted by Gasteiger charge is -2.33. The molecule has 1 spiro atoms. The molecule has 3 aliphatic heterocycles. The number of benzene rings is 2. The highest BCUT2D eigenvalue weighted by Crippen LogP contribution is 2.41. The van der Waals surface area contributed by atoms with E-state index in [2.05, 4.69) is 5.32 Å². The minimum absolute atomic E-state index is 0.0132. The number of ether oxygens (including phenoxy) is 1. The third-order valence-corrected chi connectivity index (χ3v) is 8.47. The molecule has 2 fully saturated rings. The van der Waals surface area contributed by atoms with E-state index >= 15 is 0 Å². The third kappa shape index (κ3) is 3.91. The molecular formula is C24H25N3O6S. The molecule has 0 bridgehead atoms. The number of nitrogens with zero attached hydrogens (tertiary/aromatic N) is 2. The summed E-state index contributed by atoms with van der Waals surface area (Å²) in [6.07, 6.45) is 0.587. The van der Waals surface area contributed by atoms with Gasteiger partial charge in [-0.25, -0.2) is 13.2 Å². The maximum absolute atomic E-state index is 13.5. The van der Waals surface area contributed by atoms with Crippen molar-refractivity contribution in [2.24, 2.45) is 0 Å². The van der Waals surface area contributed by atoms with Crippen molar-refractivity contribution in [1.82, 2.24) is 15.1 Å². The zero-order valence-corrected chi connectivity index (χ0v) is 19.3. The average Bonchev–Trinajstić information content (AvgIpc) is 3.30. The molecule has 0 radical (unpaired) electrons. The van der Waals surface area contributed by atoms with E-state index < -0.39 is 45.8 Å². The number of carbonyl (C=O) groups is 3. The van der Waals surface area contributed by atoms with Crippen LogP contribution in [-0.4, -0.2) is 66.8 Å². The van der Waals surface area contributed by atoms with Crippen LogP contribution in [0.5, 0.6) is 5.75 Å². The van der Waals surface area contributed by atoms with Gasteiger partial charge in [0.25, 0.3) is 5.91 Å². The lowest BCUT2D eigenvalue weighted by molar-refractivity contribution is -0.141. The number of nitrogens with one attached hydrogen (secondary N) is 1. The third-order valence-electron chi connectivity index (χ3n) is 6.72. The highest BCUT2D eigenvalue weighted by atomic mass is 32.2. The van der Waals surface area contributed by atoms with Crippen molar-refractivity contribution in [3.05, 3.63) is 65.7 Å². The van der Waals surface area contributed by atoms with Crippen LogP contribution in [0.4, 0.5) is 4.79 Å². The zero-order valence-electron chi connectivity index (χ0n) is 18.5. The van der Waals surface area contributed by atoms with E-state index in [1.807, 2.05) is 30.3 Å². The molecule has 10 heteroatoms. The molecule has 5 rings (SSSR count). The molecular weight excluding hydrogens is 458 g/mol. The van der Waals surface area contributed by atoms with Gasteiger partial charge in [0, 0.05) is 24.6 Å². The Kier molecular flexibility index (Phi) is 5.55. The summed E-state index contributed by atoms with van der Waals surface area (Å²) in [5, 5.41) is 2.79. The largest absolute Gasteiger partial charge is 0.493 e. The van der Waals surface area contributed by atoms with Gasteiger partial charge in [-0.2, -0.15) is 0 Å². The minimum atomic E-state index is -3.24. The number of sulfone groups is 1.